The van der Waals surface area contributed by atoms with Crippen molar-refractivity contribution in [2.24, 2.45) is 5.73 Å². The van der Waals surface area contributed by atoms with Crippen molar-refractivity contribution < 1.29 is 14.4 Å². The standard InChI is InChI=1S/C15H24N6O3S/c1-2-21-12(9-20-7-5-3-4-6-14(20)24)18-19-15(21)25-10-13(23)17-8-11(16)22/h2-10H2,1H3,(H2,16,22)(H,17,23). The first-order valence-corrected chi connectivity index (χ1v) is 9.37. The fourth-order valence-electron chi connectivity index (χ4n) is 2.60. The second kappa shape index (κ2) is 9.40. The highest BCUT2D eigenvalue weighted by atomic mass is 32.2. The van der Waals surface area contributed by atoms with Gasteiger partial charge in [-0.15, -0.1) is 10.2 Å². The van der Waals surface area contributed by atoms with Crippen LogP contribution in [0.2, 0.25) is 0 Å². The van der Waals surface area contributed by atoms with Gasteiger partial charge in [0.15, 0.2) is 11.0 Å². The van der Waals surface area contributed by atoms with Crippen LogP contribution in [0.5, 0.6) is 0 Å². The van der Waals surface area contributed by atoms with Gasteiger partial charge in [-0.1, -0.05) is 18.2 Å². The highest BCUT2D eigenvalue weighted by Crippen LogP contribution is 2.19. The molecule has 0 spiro atoms. The van der Waals surface area contributed by atoms with E-state index in [-0.39, 0.29) is 24.1 Å². The summed E-state index contributed by atoms with van der Waals surface area (Å²) >= 11 is 1.24. The summed E-state index contributed by atoms with van der Waals surface area (Å²) in [6.07, 6.45) is 3.61. The van der Waals surface area contributed by atoms with Gasteiger partial charge < -0.3 is 20.5 Å². The number of nitrogens with two attached hydrogens (primary N) is 1. The number of aromatic nitrogens is 3. The van der Waals surface area contributed by atoms with E-state index < -0.39 is 5.91 Å². The molecule has 2 heterocycles. The van der Waals surface area contributed by atoms with E-state index in [1.54, 1.807) is 0 Å². The number of hydrogen-bond acceptors (Lipinski definition) is 6. The third-order valence-corrected chi connectivity index (χ3v) is 4.87. The molecule has 1 aliphatic rings. The molecule has 0 aliphatic carbocycles. The van der Waals surface area contributed by atoms with Crippen molar-refractivity contribution in [2.45, 2.75) is 50.9 Å². The van der Waals surface area contributed by atoms with Crippen LogP contribution < -0.4 is 11.1 Å². The van der Waals surface area contributed by atoms with E-state index in [0.29, 0.717) is 24.7 Å². The van der Waals surface area contributed by atoms with Crippen LogP contribution >= 0.6 is 11.8 Å². The largest absolute Gasteiger partial charge is 0.368 e. The maximum atomic E-state index is 12.1. The second-order valence-electron chi connectivity index (χ2n) is 5.80. The molecule has 9 nitrogen and oxygen atoms in total. The Morgan fingerprint density at radius 2 is 2.08 bits per heavy atom. The number of primary amides is 1. The number of nitrogens with one attached hydrogen (secondary N) is 1. The predicted molar refractivity (Wildman–Crippen MR) is 92.5 cm³/mol. The number of thioether (sulfide) groups is 1. The van der Waals surface area contributed by atoms with Gasteiger partial charge in [-0.2, -0.15) is 0 Å². The van der Waals surface area contributed by atoms with Crippen LogP contribution in [-0.2, 0) is 27.5 Å². The van der Waals surface area contributed by atoms with Gasteiger partial charge in [-0.05, 0) is 19.8 Å². The molecular weight excluding hydrogens is 344 g/mol. The van der Waals surface area contributed by atoms with Crippen LogP contribution in [0.4, 0.5) is 0 Å². The molecule has 0 aromatic carbocycles. The van der Waals surface area contributed by atoms with Crippen molar-refractivity contribution in [3.8, 4) is 0 Å². The zero-order chi connectivity index (χ0) is 18.2. The molecule has 1 saturated heterocycles. The number of carbonyl (C=O) groups is 3. The normalized spacial score (nSPS) is 15.1. The number of rotatable bonds is 8. The summed E-state index contributed by atoms with van der Waals surface area (Å²) < 4.78 is 1.91. The maximum Gasteiger partial charge on any atom is 0.236 e. The van der Waals surface area contributed by atoms with Gasteiger partial charge in [0, 0.05) is 19.5 Å². The molecule has 2 rings (SSSR count). The number of likely N-dealkylation sites (tertiary alicyclic amines) is 1. The summed E-state index contributed by atoms with van der Waals surface area (Å²) in [4.78, 5) is 36.3. The summed E-state index contributed by atoms with van der Waals surface area (Å²) in [5, 5.41) is 11.4. The molecule has 10 heteroatoms. The lowest BCUT2D eigenvalue weighted by atomic mass is 10.2. The Bertz CT molecular complexity index is 633. The lowest BCUT2D eigenvalue weighted by Gasteiger charge is -2.20. The third kappa shape index (κ3) is 5.73. The molecular formula is C15H24N6O3S. The van der Waals surface area contributed by atoms with Crippen molar-refractivity contribution in [3.63, 3.8) is 0 Å². The van der Waals surface area contributed by atoms with E-state index in [2.05, 4.69) is 15.5 Å². The highest BCUT2D eigenvalue weighted by molar-refractivity contribution is 7.99. The molecule has 0 bridgehead atoms. The van der Waals surface area contributed by atoms with Crippen LogP contribution in [0.25, 0.3) is 0 Å². The Kier molecular flexibility index (Phi) is 7.23. The summed E-state index contributed by atoms with van der Waals surface area (Å²) in [5.41, 5.74) is 4.99. The Morgan fingerprint density at radius 3 is 2.80 bits per heavy atom. The van der Waals surface area contributed by atoms with Crippen LogP contribution in [0, 0.1) is 0 Å². The molecule has 1 fully saturated rings. The molecule has 0 atom stereocenters. The van der Waals surface area contributed by atoms with Crippen molar-refractivity contribution in [2.75, 3.05) is 18.8 Å². The SMILES string of the molecule is CCn1c(CN2CCCCCC2=O)nnc1SCC(=O)NCC(N)=O. The van der Waals surface area contributed by atoms with E-state index in [0.717, 1.165) is 31.6 Å². The van der Waals surface area contributed by atoms with E-state index in [9.17, 15) is 14.4 Å². The molecule has 25 heavy (non-hydrogen) atoms. The zero-order valence-electron chi connectivity index (χ0n) is 14.4. The fourth-order valence-corrected chi connectivity index (χ4v) is 3.45. The second-order valence-corrected chi connectivity index (χ2v) is 6.74. The summed E-state index contributed by atoms with van der Waals surface area (Å²) in [5.74, 6) is 0.118. The average molecular weight is 368 g/mol. The van der Waals surface area contributed by atoms with Crippen molar-refractivity contribution >= 4 is 29.5 Å². The molecule has 1 aromatic heterocycles. The first-order chi connectivity index (χ1) is 12.0. The maximum absolute atomic E-state index is 12.1. The van der Waals surface area contributed by atoms with Gasteiger partial charge in [0.25, 0.3) is 0 Å². The lowest BCUT2D eigenvalue weighted by molar-refractivity contribution is -0.131. The zero-order valence-corrected chi connectivity index (χ0v) is 15.2. The average Bonchev–Trinajstić information content (AvgIpc) is 2.86. The van der Waals surface area contributed by atoms with Gasteiger partial charge in [0.05, 0.1) is 18.8 Å². The molecule has 3 N–H and O–H groups in total. The fraction of sp³-hybridized carbons (Fsp3) is 0.667. The summed E-state index contributed by atoms with van der Waals surface area (Å²) in [7, 11) is 0. The van der Waals surface area contributed by atoms with Crippen LogP contribution in [0.3, 0.4) is 0 Å². The minimum absolute atomic E-state index is 0.119. The minimum Gasteiger partial charge on any atom is -0.368 e. The molecule has 3 amide bonds. The Hall–Kier alpha value is -2.10. The molecule has 138 valence electrons. The van der Waals surface area contributed by atoms with Gasteiger partial charge in [0.2, 0.25) is 17.7 Å². The Morgan fingerprint density at radius 1 is 1.28 bits per heavy atom. The smallest absolute Gasteiger partial charge is 0.236 e. The van der Waals surface area contributed by atoms with Gasteiger partial charge in [-0.3, -0.25) is 14.4 Å². The van der Waals surface area contributed by atoms with E-state index in [1.165, 1.54) is 11.8 Å². The quantitative estimate of drug-likeness (QED) is 0.617. The van der Waals surface area contributed by atoms with Crippen LogP contribution in [0.15, 0.2) is 5.16 Å². The van der Waals surface area contributed by atoms with Crippen molar-refractivity contribution in [3.05, 3.63) is 5.82 Å². The summed E-state index contributed by atoms with van der Waals surface area (Å²) in [6, 6.07) is 0. The van der Waals surface area contributed by atoms with Gasteiger partial charge in [-0.25, -0.2) is 0 Å². The summed E-state index contributed by atoms with van der Waals surface area (Å²) in [6.45, 7) is 3.62. The number of carbonyl (C=O) groups excluding carboxylic acids is 3. The topological polar surface area (TPSA) is 123 Å². The Balaban J connectivity index is 1.96. The third-order valence-electron chi connectivity index (χ3n) is 3.91. The lowest BCUT2D eigenvalue weighted by Crippen LogP contribution is -2.34. The van der Waals surface area contributed by atoms with Gasteiger partial charge >= 0.3 is 0 Å². The van der Waals surface area contributed by atoms with E-state index in [1.807, 2.05) is 16.4 Å². The molecule has 1 aromatic rings. The van der Waals surface area contributed by atoms with E-state index in [4.69, 9.17) is 5.73 Å². The van der Waals surface area contributed by atoms with Crippen LogP contribution in [0.1, 0.15) is 38.4 Å². The van der Waals surface area contributed by atoms with Crippen molar-refractivity contribution in [1.29, 1.82) is 0 Å². The van der Waals surface area contributed by atoms with Crippen LogP contribution in [-0.4, -0.2) is 56.2 Å². The molecule has 0 radical (unpaired) electrons. The van der Waals surface area contributed by atoms with Crippen molar-refractivity contribution in [1.82, 2.24) is 25.0 Å². The molecule has 0 saturated carbocycles. The number of amides is 3. The van der Waals surface area contributed by atoms with Gasteiger partial charge in [0.1, 0.15) is 0 Å². The number of hydrogen-bond donors (Lipinski definition) is 2. The van der Waals surface area contributed by atoms with E-state index >= 15 is 0 Å². The highest BCUT2D eigenvalue weighted by Gasteiger charge is 2.20. The molecule has 0 unspecified atom stereocenters. The molecule has 1 aliphatic heterocycles. The first kappa shape index (κ1) is 19.2. The minimum atomic E-state index is -0.584. The number of nitrogens with zero attached hydrogens (tertiary/aromatic N) is 4. The predicted octanol–water partition coefficient (Wildman–Crippen LogP) is -0.106. The first-order valence-electron chi connectivity index (χ1n) is 8.39. The Labute approximate surface area is 150 Å². The monoisotopic (exact) mass is 368 g/mol.